The molecule has 0 N–H and O–H groups in total. The van der Waals surface area contributed by atoms with Crippen LogP contribution in [-0.4, -0.2) is 24.4 Å². The first-order valence-corrected chi connectivity index (χ1v) is 9.00. The Morgan fingerprint density at radius 1 is 1.32 bits per heavy atom. The Morgan fingerprint density at radius 2 is 2.05 bits per heavy atom. The second-order valence-corrected chi connectivity index (χ2v) is 7.53. The van der Waals surface area contributed by atoms with Gasteiger partial charge in [0.15, 0.2) is 5.76 Å². The maximum atomic E-state index is 12.9. The van der Waals surface area contributed by atoms with Gasteiger partial charge in [-0.3, -0.25) is 0 Å². The predicted molar refractivity (Wildman–Crippen MR) is 82.9 cm³/mol. The van der Waals surface area contributed by atoms with E-state index in [9.17, 15) is 8.42 Å². The van der Waals surface area contributed by atoms with E-state index < -0.39 is 10.0 Å². The van der Waals surface area contributed by atoms with Crippen LogP contribution in [0, 0.1) is 6.92 Å². The summed E-state index contributed by atoms with van der Waals surface area (Å²) in [6.45, 7) is 4.40. The van der Waals surface area contributed by atoms with Crippen LogP contribution in [-0.2, 0) is 16.4 Å². The van der Waals surface area contributed by atoms with Gasteiger partial charge in [0, 0.05) is 12.6 Å². The zero-order valence-electron chi connectivity index (χ0n) is 12.8. The quantitative estimate of drug-likeness (QED) is 0.868. The molecule has 5 nitrogen and oxygen atoms in total. The summed E-state index contributed by atoms with van der Waals surface area (Å²) in [5.74, 6) is 0.628. The molecule has 1 aliphatic rings. The van der Waals surface area contributed by atoms with E-state index in [2.05, 4.69) is 5.16 Å². The lowest BCUT2D eigenvalue weighted by Gasteiger charge is -2.22. The number of hydrogen-bond donors (Lipinski definition) is 0. The SMILES string of the molecule is CCc1ccc(S(=O)(=O)N2CCC[C@H]2c2cc(C)no2)cc1. The molecule has 1 aromatic heterocycles. The van der Waals surface area contributed by atoms with Crippen molar-refractivity contribution in [2.75, 3.05) is 6.54 Å². The van der Waals surface area contributed by atoms with Crippen LogP contribution in [0.3, 0.4) is 0 Å². The molecule has 1 fully saturated rings. The van der Waals surface area contributed by atoms with Crippen molar-refractivity contribution in [2.24, 2.45) is 0 Å². The van der Waals surface area contributed by atoms with Crippen LogP contribution in [0.5, 0.6) is 0 Å². The molecular formula is C16H20N2O3S. The molecule has 0 radical (unpaired) electrons. The van der Waals surface area contributed by atoms with Gasteiger partial charge in [-0.05, 0) is 43.9 Å². The molecule has 1 aliphatic heterocycles. The third-order valence-electron chi connectivity index (χ3n) is 4.12. The minimum absolute atomic E-state index is 0.253. The Balaban J connectivity index is 1.93. The fraction of sp³-hybridized carbons (Fsp3) is 0.438. The summed E-state index contributed by atoms with van der Waals surface area (Å²) in [6, 6.07) is 8.69. The van der Waals surface area contributed by atoms with Crippen LogP contribution in [0.25, 0.3) is 0 Å². The van der Waals surface area contributed by atoms with E-state index in [1.54, 1.807) is 12.1 Å². The van der Waals surface area contributed by atoms with Crippen LogP contribution in [0.15, 0.2) is 39.8 Å². The Bertz CT molecular complexity index is 750. The molecule has 0 bridgehead atoms. The molecule has 0 unspecified atom stereocenters. The number of rotatable bonds is 4. The van der Waals surface area contributed by atoms with Crippen molar-refractivity contribution in [2.45, 2.75) is 44.0 Å². The first-order chi connectivity index (χ1) is 10.5. The molecule has 2 aromatic rings. The molecule has 6 heteroatoms. The molecule has 1 atom stereocenters. The highest BCUT2D eigenvalue weighted by atomic mass is 32.2. The first-order valence-electron chi connectivity index (χ1n) is 7.56. The molecule has 0 aliphatic carbocycles. The fourth-order valence-corrected chi connectivity index (χ4v) is 4.55. The molecule has 118 valence electrons. The van der Waals surface area contributed by atoms with Crippen molar-refractivity contribution in [3.8, 4) is 0 Å². The Kier molecular flexibility index (Phi) is 4.06. The van der Waals surface area contributed by atoms with E-state index in [0.717, 1.165) is 30.5 Å². The average molecular weight is 320 g/mol. The topological polar surface area (TPSA) is 63.4 Å². The molecule has 1 saturated heterocycles. The number of hydrogen-bond acceptors (Lipinski definition) is 4. The van der Waals surface area contributed by atoms with Crippen molar-refractivity contribution in [1.29, 1.82) is 0 Å². The van der Waals surface area contributed by atoms with Crippen LogP contribution in [0.1, 0.15) is 42.8 Å². The smallest absolute Gasteiger partial charge is 0.243 e. The molecule has 0 spiro atoms. The van der Waals surface area contributed by atoms with Crippen LogP contribution < -0.4 is 0 Å². The monoisotopic (exact) mass is 320 g/mol. The number of aryl methyl sites for hydroxylation is 2. The molecular weight excluding hydrogens is 300 g/mol. The number of sulfonamides is 1. The number of aromatic nitrogens is 1. The van der Waals surface area contributed by atoms with Crippen LogP contribution in [0.4, 0.5) is 0 Å². The van der Waals surface area contributed by atoms with Gasteiger partial charge in [0.05, 0.1) is 16.6 Å². The highest BCUT2D eigenvalue weighted by molar-refractivity contribution is 7.89. The lowest BCUT2D eigenvalue weighted by Crippen LogP contribution is -2.30. The van der Waals surface area contributed by atoms with E-state index in [1.807, 2.05) is 32.0 Å². The summed E-state index contributed by atoms with van der Waals surface area (Å²) < 4.78 is 32.6. The minimum Gasteiger partial charge on any atom is -0.359 e. The van der Waals surface area contributed by atoms with Gasteiger partial charge in [0.1, 0.15) is 0 Å². The number of nitrogens with zero attached hydrogens (tertiary/aromatic N) is 2. The van der Waals surface area contributed by atoms with Gasteiger partial charge in [-0.2, -0.15) is 4.31 Å². The van der Waals surface area contributed by atoms with Gasteiger partial charge in [0.25, 0.3) is 0 Å². The zero-order chi connectivity index (χ0) is 15.7. The first kappa shape index (κ1) is 15.2. The Hall–Kier alpha value is -1.66. The van der Waals surface area contributed by atoms with Gasteiger partial charge in [-0.25, -0.2) is 8.42 Å². The van der Waals surface area contributed by atoms with E-state index in [4.69, 9.17) is 4.52 Å². The number of benzene rings is 1. The second kappa shape index (κ2) is 5.85. The van der Waals surface area contributed by atoms with Gasteiger partial charge >= 0.3 is 0 Å². The Morgan fingerprint density at radius 3 is 2.64 bits per heavy atom. The van der Waals surface area contributed by atoms with Crippen LogP contribution in [0.2, 0.25) is 0 Å². The third kappa shape index (κ3) is 2.68. The second-order valence-electron chi connectivity index (χ2n) is 5.64. The maximum absolute atomic E-state index is 12.9. The Labute approximate surface area is 131 Å². The summed E-state index contributed by atoms with van der Waals surface area (Å²) in [7, 11) is -3.51. The summed E-state index contributed by atoms with van der Waals surface area (Å²) in [6.07, 6.45) is 2.49. The van der Waals surface area contributed by atoms with Crippen LogP contribution >= 0.6 is 0 Å². The molecule has 0 amide bonds. The zero-order valence-corrected chi connectivity index (χ0v) is 13.6. The van der Waals surface area contributed by atoms with Gasteiger partial charge < -0.3 is 4.52 Å². The predicted octanol–water partition coefficient (Wildman–Crippen LogP) is 3.07. The third-order valence-corrected chi connectivity index (χ3v) is 6.04. The van der Waals surface area contributed by atoms with Crippen molar-refractivity contribution >= 4 is 10.0 Å². The maximum Gasteiger partial charge on any atom is 0.243 e. The molecule has 0 saturated carbocycles. The van der Waals surface area contributed by atoms with Crippen molar-refractivity contribution < 1.29 is 12.9 Å². The molecule has 3 rings (SSSR count). The average Bonchev–Trinajstić information content (AvgIpc) is 3.16. The van der Waals surface area contributed by atoms with Crippen molar-refractivity contribution in [1.82, 2.24) is 9.46 Å². The van der Waals surface area contributed by atoms with Crippen molar-refractivity contribution in [3.63, 3.8) is 0 Å². The highest BCUT2D eigenvalue weighted by Crippen LogP contribution is 2.36. The summed E-state index contributed by atoms with van der Waals surface area (Å²) in [4.78, 5) is 0.341. The normalized spacial score (nSPS) is 19.6. The fourth-order valence-electron chi connectivity index (χ4n) is 2.89. The van der Waals surface area contributed by atoms with E-state index in [1.165, 1.54) is 4.31 Å². The highest BCUT2D eigenvalue weighted by Gasteiger charge is 2.38. The summed E-state index contributed by atoms with van der Waals surface area (Å²) in [5.41, 5.74) is 1.90. The van der Waals surface area contributed by atoms with Gasteiger partial charge in [-0.1, -0.05) is 24.2 Å². The van der Waals surface area contributed by atoms with Crippen molar-refractivity contribution in [3.05, 3.63) is 47.3 Å². The van der Waals surface area contributed by atoms with E-state index in [-0.39, 0.29) is 6.04 Å². The lowest BCUT2D eigenvalue weighted by atomic mass is 10.2. The minimum atomic E-state index is -3.51. The lowest BCUT2D eigenvalue weighted by molar-refractivity contribution is 0.297. The molecule has 1 aromatic carbocycles. The van der Waals surface area contributed by atoms with Gasteiger partial charge in [0.2, 0.25) is 10.0 Å². The standard InChI is InChI=1S/C16H20N2O3S/c1-3-13-6-8-14(9-7-13)22(19,20)18-10-4-5-15(18)16-11-12(2)17-21-16/h6-9,11,15H,3-5,10H2,1-2H3/t15-/m0/s1. The largest absolute Gasteiger partial charge is 0.359 e. The van der Waals surface area contributed by atoms with Gasteiger partial charge in [-0.15, -0.1) is 0 Å². The van der Waals surface area contributed by atoms with E-state index in [0.29, 0.717) is 17.2 Å². The summed E-state index contributed by atoms with van der Waals surface area (Å²) >= 11 is 0. The molecule has 22 heavy (non-hydrogen) atoms. The van der Waals surface area contributed by atoms with E-state index >= 15 is 0 Å². The summed E-state index contributed by atoms with van der Waals surface area (Å²) in [5, 5.41) is 3.88. The molecule has 2 heterocycles.